The standard InChI is InChI=1S/C34H37F3N4O4/c1-21-17-41(22(2)19-42)32(43)31-30(27-14-7-8-15-28(27)40(31)4)26-13-6-5-10-23(26)20-45-29(21)18-39(3)33(44)38-25-12-9-11-24(16-25)34(35,36)37/h5-16,21-22,29,42H,17-20H2,1-4H3,(H,38,44)/t21-,22+,29+/m1/s1. The smallest absolute Gasteiger partial charge is 0.394 e. The number of para-hydroxylation sites is 1. The number of hydrogen-bond acceptors (Lipinski definition) is 4. The van der Waals surface area contributed by atoms with Gasteiger partial charge >= 0.3 is 12.2 Å². The predicted octanol–water partition coefficient (Wildman–Crippen LogP) is 6.39. The Hall–Kier alpha value is -4.35. The summed E-state index contributed by atoms with van der Waals surface area (Å²) in [5, 5.41) is 13.6. The number of nitrogens with zero attached hydrogens (tertiary/aromatic N) is 3. The summed E-state index contributed by atoms with van der Waals surface area (Å²) in [5.74, 6) is -0.529. The van der Waals surface area contributed by atoms with Crippen molar-refractivity contribution in [1.82, 2.24) is 14.4 Å². The van der Waals surface area contributed by atoms with Gasteiger partial charge in [-0.1, -0.05) is 55.5 Å². The summed E-state index contributed by atoms with van der Waals surface area (Å²) in [7, 11) is 3.41. The third kappa shape index (κ3) is 6.55. The molecule has 0 saturated heterocycles. The first-order chi connectivity index (χ1) is 21.4. The highest BCUT2D eigenvalue weighted by molar-refractivity contribution is 6.10. The van der Waals surface area contributed by atoms with Crippen molar-refractivity contribution >= 4 is 28.5 Å². The lowest BCUT2D eigenvalue weighted by Crippen LogP contribution is -2.48. The number of fused-ring (bicyclic) bond motifs is 5. The van der Waals surface area contributed by atoms with Crippen molar-refractivity contribution in [3.63, 3.8) is 0 Å². The minimum absolute atomic E-state index is 0.0190. The summed E-state index contributed by atoms with van der Waals surface area (Å²) in [4.78, 5) is 30.6. The van der Waals surface area contributed by atoms with E-state index in [1.54, 1.807) is 18.9 Å². The Morgan fingerprint density at radius 2 is 1.82 bits per heavy atom. The number of anilines is 1. The normalized spacial score (nSPS) is 18.1. The second kappa shape index (κ2) is 12.9. The number of rotatable bonds is 5. The number of ether oxygens (including phenoxy) is 1. The summed E-state index contributed by atoms with van der Waals surface area (Å²) < 4.78 is 48.0. The zero-order chi connectivity index (χ0) is 32.5. The Labute approximate surface area is 260 Å². The van der Waals surface area contributed by atoms with E-state index < -0.39 is 29.9 Å². The van der Waals surface area contributed by atoms with Gasteiger partial charge in [0.1, 0.15) is 5.69 Å². The Morgan fingerprint density at radius 3 is 2.56 bits per heavy atom. The van der Waals surface area contributed by atoms with Crippen molar-refractivity contribution in [2.24, 2.45) is 13.0 Å². The quantitative estimate of drug-likeness (QED) is 0.270. The monoisotopic (exact) mass is 622 g/mol. The van der Waals surface area contributed by atoms with E-state index in [1.165, 1.54) is 17.0 Å². The van der Waals surface area contributed by atoms with Crippen molar-refractivity contribution in [2.75, 3.05) is 32.1 Å². The van der Waals surface area contributed by atoms with Gasteiger partial charge in [0.05, 0.1) is 30.9 Å². The number of carbonyl (C=O) groups is 2. The van der Waals surface area contributed by atoms with Gasteiger partial charge < -0.3 is 29.5 Å². The average Bonchev–Trinajstić information content (AvgIpc) is 3.31. The molecule has 0 spiro atoms. The number of aryl methyl sites for hydroxylation is 1. The molecular formula is C34H37F3N4O4. The van der Waals surface area contributed by atoms with E-state index in [2.05, 4.69) is 5.32 Å². The topological polar surface area (TPSA) is 87.0 Å². The molecule has 1 aromatic heterocycles. The number of aromatic nitrogens is 1. The largest absolute Gasteiger partial charge is 0.416 e. The summed E-state index contributed by atoms with van der Waals surface area (Å²) >= 11 is 0. The summed E-state index contributed by atoms with van der Waals surface area (Å²) in [6.45, 7) is 3.97. The molecule has 0 radical (unpaired) electrons. The highest BCUT2D eigenvalue weighted by Gasteiger charge is 2.34. The van der Waals surface area contributed by atoms with E-state index in [0.29, 0.717) is 5.69 Å². The van der Waals surface area contributed by atoms with Gasteiger partial charge in [-0.2, -0.15) is 13.2 Å². The number of nitrogens with one attached hydrogen (secondary N) is 1. The molecule has 1 aliphatic rings. The number of benzene rings is 3. The number of urea groups is 1. The summed E-state index contributed by atoms with van der Waals surface area (Å²) in [6.07, 6.45) is -5.10. The average molecular weight is 623 g/mol. The van der Waals surface area contributed by atoms with E-state index in [0.717, 1.165) is 39.7 Å². The van der Waals surface area contributed by atoms with Crippen molar-refractivity contribution < 1.29 is 32.6 Å². The number of aliphatic hydroxyl groups is 1. The number of alkyl halides is 3. The Morgan fingerprint density at radius 1 is 1.11 bits per heavy atom. The predicted molar refractivity (Wildman–Crippen MR) is 167 cm³/mol. The molecule has 1 aliphatic heterocycles. The minimum atomic E-state index is -4.54. The number of aliphatic hydroxyl groups excluding tert-OH is 1. The molecule has 45 heavy (non-hydrogen) atoms. The fraction of sp³-hybridized carbons (Fsp3) is 0.353. The highest BCUT2D eigenvalue weighted by atomic mass is 19.4. The van der Waals surface area contributed by atoms with Crippen LogP contribution < -0.4 is 5.32 Å². The van der Waals surface area contributed by atoms with Gasteiger partial charge in [-0.15, -0.1) is 0 Å². The van der Waals surface area contributed by atoms with Crippen LogP contribution in [0.2, 0.25) is 0 Å². The first-order valence-electron chi connectivity index (χ1n) is 14.8. The molecule has 11 heteroatoms. The van der Waals surface area contributed by atoms with Gasteiger partial charge in [-0.05, 0) is 42.3 Å². The molecule has 5 rings (SSSR count). The second-order valence-electron chi connectivity index (χ2n) is 11.7. The lowest BCUT2D eigenvalue weighted by atomic mass is 9.96. The molecule has 0 bridgehead atoms. The zero-order valence-corrected chi connectivity index (χ0v) is 25.6. The van der Waals surface area contributed by atoms with Crippen LogP contribution in [0.3, 0.4) is 0 Å². The zero-order valence-electron chi connectivity index (χ0n) is 25.6. The number of hydrogen-bond donors (Lipinski definition) is 2. The molecule has 238 valence electrons. The van der Waals surface area contributed by atoms with Crippen molar-refractivity contribution in [2.45, 2.75) is 38.8 Å². The molecule has 3 atom stereocenters. The number of halogens is 3. The molecule has 3 aromatic carbocycles. The molecule has 0 unspecified atom stereocenters. The second-order valence-corrected chi connectivity index (χ2v) is 11.7. The van der Waals surface area contributed by atoms with Crippen LogP contribution in [-0.2, 0) is 24.6 Å². The maximum absolute atomic E-state index is 14.4. The lowest BCUT2D eigenvalue weighted by Gasteiger charge is -2.35. The molecular weight excluding hydrogens is 585 g/mol. The van der Waals surface area contributed by atoms with Crippen molar-refractivity contribution in [1.29, 1.82) is 0 Å². The van der Waals surface area contributed by atoms with E-state index in [-0.39, 0.29) is 43.8 Å². The van der Waals surface area contributed by atoms with Gasteiger partial charge in [0.2, 0.25) is 0 Å². The van der Waals surface area contributed by atoms with Crippen molar-refractivity contribution in [3.8, 4) is 11.1 Å². The first-order valence-corrected chi connectivity index (χ1v) is 14.8. The van der Waals surface area contributed by atoms with Gasteiger partial charge in [0.15, 0.2) is 0 Å². The maximum atomic E-state index is 14.4. The molecule has 4 aromatic rings. The van der Waals surface area contributed by atoms with Crippen molar-refractivity contribution in [3.05, 3.63) is 89.6 Å². The van der Waals surface area contributed by atoms with E-state index in [4.69, 9.17) is 4.74 Å². The molecule has 3 amide bonds. The van der Waals surface area contributed by atoms with Crippen LogP contribution in [0, 0.1) is 5.92 Å². The van der Waals surface area contributed by atoms with Crippen LogP contribution in [0.5, 0.6) is 0 Å². The van der Waals surface area contributed by atoms with Crippen LogP contribution in [0.1, 0.15) is 35.5 Å². The highest BCUT2D eigenvalue weighted by Crippen LogP contribution is 2.38. The third-order valence-electron chi connectivity index (χ3n) is 8.47. The number of likely N-dealkylation sites (N-methyl/N-ethyl adjacent to an activating group) is 1. The first kappa shape index (κ1) is 32.1. The molecule has 8 nitrogen and oxygen atoms in total. The van der Waals surface area contributed by atoms with Gasteiger partial charge in [0, 0.05) is 55.3 Å². The number of carbonyl (C=O) groups excluding carboxylic acids is 2. The number of amides is 3. The molecule has 2 N–H and O–H groups in total. The van der Waals surface area contributed by atoms with Gasteiger partial charge in [-0.25, -0.2) is 4.79 Å². The molecule has 0 saturated carbocycles. The minimum Gasteiger partial charge on any atom is -0.394 e. The Balaban J connectivity index is 1.49. The van der Waals surface area contributed by atoms with E-state index in [1.807, 2.05) is 67.1 Å². The van der Waals surface area contributed by atoms with Gasteiger partial charge in [0.25, 0.3) is 5.91 Å². The Bertz CT molecular complexity index is 1700. The van der Waals surface area contributed by atoms with Crippen LogP contribution in [-0.4, -0.2) is 70.3 Å². The SMILES string of the molecule is C[C@@H]1CN([C@@H](C)CO)C(=O)c2c(c3ccccc3n2C)-c2ccccc2CO[C@H]1CN(C)C(=O)Nc1cccc(C(F)(F)F)c1. The summed E-state index contributed by atoms with van der Waals surface area (Å²) in [5.41, 5.74) is 3.06. The summed E-state index contributed by atoms with van der Waals surface area (Å²) in [6, 6.07) is 18.9. The van der Waals surface area contributed by atoms with Gasteiger partial charge in [-0.3, -0.25) is 4.79 Å². The van der Waals surface area contributed by atoms with E-state index >= 15 is 0 Å². The molecule has 0 fully saturated rings. The maximum Gasteiger partial charge on any atom is 0.416 e. The van der Waals surface area contributed by atoms with E-state index in [9.17, 15) is 27.9 Å². The van der Waals surface area contributed by atoms with Crippen LogP contribution in [0.4, 0.5) is 23.7 Å². The Kier molecular flexibility index (Phi) is 9.22. The van der Waals surface area contributed by atoms with Crippen LogP contribution in [0.25, 0.3) is 22.0 Å². The lowest BCUT2D eigenvalue weighted by molar-refractivity contribution is -0.137. The molecule has 2 heterocycles. The fourth-order valence-corrected chi connectivity index (χ4v) is 5.87. The van der Waals surface area contributed by atoms with Crippen LogP contribution >= 0.6 is 0 Å². The van der Waals surface area contributed by atoms with Crippen LogP contribution in [0.15, 0.2) is 72.8 Å². The fourth-order valence-electron chi connectivity index (χ4n) is 5.87. The third-order valence-corrected chi connectivity index (χ3v) is 8.47. The molecule has 0 aliphatic carbocycles.